The van der Waals surface area contributed by atoms with E-state index in [1.807, 2.05) is 0 Å². The molecule has 2 aliphatic rings. The monoisotopic (exact) mass is 469 g/mol. The zero-order valence-corrected chi connectivity index (χ0v) is 17.1. The van der Waals surface area contributed by atoms with Crippen LogP contribution >= 0.6 is 0 Å². The number of imide groups is 2. The highest BCUT2D eigenvalue weighted by atomic mass is 16.6. The van der Waals surface area contributed by atoms with E-state index in [0.29, 0.717) is 9.80 Å². The first-order valence-corrected chi connectivity index (χ1v) is 9.81. The average molecular weight is 469 g/mol. The number of hydrogen-bond acceptors (Lipinski definition) is 10. The summed E-state index contributed by atoms with van der Waals surface area (Å²) in [6.07, 6.45) is -1.21. The van der Waals surface area contributed by atoms with Crippen LogP contribution in [0.4, 0.5) is 22.7 Å². The second-order valence-corrected chi connectivity index (χ2v) is 7.45. The van der Waals surface area contributed by atoms with E-state index in [0.717, 1.165) is 12.1 Å². The van der Waals surface area contributed by atoms with E-state index in [-0.39, 0.29) is 16.4 Å². The van der Waals surface area contributed by atoms with Crippen molar-refractivity contribution < 1.29 is 34.2 Å². The predicted molar refractivity (Wildman–Crippen MR) is 112 cm³/mol. The van der Waals surface area contributed by atoms with Crippen molar-refractivity contribution in [2.45, 2.75) is 24.9 Å². The van der Waals surface area contributed by atoms with Gasteiger partial charge < -0.3 is 5.21 Å². The Balaban J connectivity index is 1.62. The van der Waals surface area contributed by atoms with Crippen LogP contribution in [0.1, 0.15) is 12.8 Å². The van der Waals surface area contributed by atoms with Crippen LogP contribution in [0.15, 0.2) is 48.5 Å². The minimum Gasteiger partial charge on any atom is -0.312 e. The molecule has 2 fully saturated rings. The third kappa shape index (κ3) is 3.56. The first-order chi connectivity index (χ1) is 16.1. The molecule has 2 aromatic carbocycles. The normalized spacial score (nSPS) is 20.5. The molecule has 2 heterocycles. The fourth-order valence-corrected chi connectivity index (χ4v) is 3.98. The summed E-state index contributed by atoms with van der Waals surface area (Å²) in [4.78, 5) is 73.2. The summed E-state index contributed by atoms with van der Waals surface area (Å²) in [5, 5.41) is 33.6. The first-order valence-electron chi connectivity index (χ1n) is 9.81. The highest BCUT2D eigenvalue weighted by Crippen LogP contribution is 2.36. The van der Waals surface area contributed by atoms with E-state index in [2.05, 4.69) is 0 Å². The van der Waals surface area contributed by atoms with E-state index >= 15 is 0 Å². The Morgan fingerprint density at radius 2 is 1.09 bits per heavy atom. The van der Waals surface area contributed by atoms with Gasteiger partial charge in [0.15, 0.2) is 0 Å². The number of rotatable bonds is 6. The van der Waals surface area contributed by atoms with Gasteiger partial charge in [-0.3, -0.25) is 39.4 Å². The maximum absolute atomic E-state index is 13.0. The van der Waals surface area contributed by atoms with Gasteiger partial charge in [-0.15, -0.1) is 0 Å². The number of carbonyl (C=O) groups is 4. The Hall–Kier alpha value is -4.56. The minimum atomic E-state index is -1.60. The summed E-state index contributed by atoms with van der Waals surface area (Å²) in [7, 11) is 0. The lowest BCUT2D eigenvalue weighted by Gasteiger charge is -2.25. The number of nitro groups is 2. The molecular weight excluding hydrogens is 454 g/mol. The van der Waals surface area contributed by atoms with Crippen molar-refractivity contribution in [3.8, 4) is 0 Å². The predicted octanol–water partition coefficient (Wildman–Crippen LogP) is 1.16. The van der Waals surface area contributed by atoms with Gasteiger partial charge in [-0.25, -0.2) is 9.80 Å². The smallest absolute Gasteiger partial charge is 0.293 e. The molecule has 34 heavy (non-hydrogen) atoms. The van der Waals surface area contributed by atoms with Crippen molar-refractivity contribution in [1.29, 1.82) is 0 Å². The lowest BCUT2D eigenvalue weighted by atomic mass is 10.1. The number of hydrogen-bond donors (Lipinski definition) is 1. The Bertz CT molecular complexity index is 1170. The number of nitrogens with zero attached hydrogens (tertiary/aromatic N) is 5. The molecule has 4 rings (SSSR count). The second kappa shape index (κ2) is 8.42. The molecule has 0 radical (unpaired) electrons. The van der Waals surface area contributed by atoms with E-state index < -0.39 is 69.8 Å². The quantitative estimate of drug-likeness (QED) is 0.366. The van der Waals surface area contributed by atoms with Gasteiger partial charge in [0, 0.05) is 12.1 Å². The number of benzene rings is 2. The maximum atomic E-state index is 13.0. The Morgan fingerprint density at radius 3 is 1.44 bits per heavy atom. The van der Waals surface area contributed by atoms with Gasteiger partial charge in [0.25, 0.3) is 23.2 Å². The molecule has 2 atom stereocenters. The molecule has 14 heteroatoms. The lowest BCUT2D eigenvalue weighted by Crippen LogP contribution is -2.49. The van der Waals surface area contributed by atoms with Crippen LogP contribution in [-0.2, 0) is 19.2 Å². The van der Waals surface area contributed by atoms with Crippen molar-refractivity contribution in [1.82, 2.24) is 5.06 Å². The number of carbonyl (C=O) groups excluding carboxylic acids is 4. The fraction of sp³-hybridized carbons (Fsp3) is 0.200. The molecule has 0 saturated carbocycles. The molecule has 1 N–H and O–H groups in total. The minimum absolute atomic E-state index is 0.268. The molecule has 14 nitrogen and oxygen atoms in total. The second-order valence-electron chi connectivity index (χ2n) is 7.45. The van der Waals surface area contributed by atoms with E-state index in [1.165, 1.54) is 36.4 Å². The molecule has 174 valence electrons. The summed E-state index contributed by atoms with van der Waals surface area (Å²) in [6, 6.07) is 6.86. The zero-order valence-electron chi connectivity index (χ0n) is 17.1. The maximum Gasteiger partial charge on any atom is 0.293 e. The van der Waals surface area contributed by atoms with Crippen molar-refractivity contribution in [3.05, 3.63) is 68.8 Å². The Morgan fingerprint density at radius 1 is 0.735 bits per heavy atom. The summed E-state index contributed by atoms with van der Waals surface area (Å²) in [5.41, 5.74) is -1.62. The number of para-hydroxylation sites is 4. The Labute approximate surface area is 189 Å². The van der Waals surface area contributed by atoms with E-state index in [4.69, 9.17) is 0 Å². The van der Waals surface area contributed by atoms with Crippen LogP contribution < -0.4 is 9.80 Å². The van der Waals surface area contributed by atoms with Crippen LogP contribution in [0.5, 0.6) is 0 Å². The van der Waals surface area contributed by atoms with Crippen LogP contribution in [0.3, 0.4) is 0 Å². The SMILES string of the molecule is O=C1C[C@H](N(O)[C@H]2CC(=O)N(c3ccccc3[N+](=O)[O-])C2=O)C(=O)N1c1ccccc1[N+](=O)[O-]. The Kier molecular flexibility index (Phi) is 5.60. The van der Waals surface area contributed by atoms with Crippen molar-refractivity contribution in [2.75, 3.05) is 9.80 Å². The van der Waals surface area contributed by atoms with Gasteiger partial charge in [0.1, 0.15) is 23.5 Å². The van der Waals surface area contributed by atoms with Crippen molar-refractivity contribution in [2.24, 2.45) is 0 Å². The summed E-state index contributed by atoms with van der Waals surface area (Å²) >= 11 is 0. The molecule has 0 spiro atoms. The summed E-state index contributed by atoms with van der Waals surface area (Å²) in [6.45, 7) is 0. The number of anilines is 2. The number of hydroxylamine groups is 2. The van der Waals surface area contributed by atoms with Gasteiger partial charge in [0.2, 0.25) is 11.8 Å². The third-order valence-corrected chi connectivity index (χ3v) is 5.52. The van der Waals surface area contributed by atoms with E-state index in [1.54, 1.807) is 0 Å². The lowest BCUT2D eigenvalue weighted by molar-refractivity contribution is -0.384. The van der Waals surface area contributed by atoms with Crippen molar-refractivity contribution in [3.63, 3.8) is 0 Å². The zero-order chi connectivity index (χ0) is 24.7. The number of nitro benzene ring substituents is 2. The van der Waals surface area contributed by atoms with Gasteiger partial charge in [-0.1, -0.05) is 24.3 Å². The van der Waals surface area contributed by atoms with Gasteiger partial charge >= 0.3 is 0 Å². The molecule has 0 aromatic heterocycles. The average Bonchev–Trinajstić information content (AvgIpc) is 3.27. The molecule has 2 saturated heterocycles. The largest absolute Gasteiger partial charge is 0.312 e. The number of amides is 4. The summed E-state index contributed by atoms with van der Waals surface area (Å²) < 4.78 is 0. The fourth-order valence-electron chi connectivity index (χ4n) is 3.98. The third-order valence-electron chi connectivity index (χ3n) is 5.52. The van der Waals surface area contributed by atoms with Gasteiger partial charge in [-0.05, 0) is 12.1 Å². The van der Waals surface area contributed by atoms with E-state index in [9.17, 15) is 44.6 Å². The molecule has 2 aromatic rings. The van der Waals surface area contributed by atoms with Crippen LogP contribution in [0.2, 0.25) is 0 Å². The molecule has 2 aliphatic heterocycles. The molecular formula is C20H15N5O9. The molecule has 0 aliphatic carbocycles. The molecule has 0 bridgehead atoms. The first kappa shape index (κ1) is 22.6. The standard InChI is InChI=1S/C20H15N5O9/c26-17-9-15(19(28)21(17)11-5-1-3-7-13(11)24(31)32)23(30)16-10-18(27)22(20(16)29)12-6-2-4-8-14(12)25(33)34/h1-8,15-16,30H,9-10H2/t15-,16-/m0/s1. The summed E-state index contributed by atoms with van der Waals surface area (Å²) in [5.74, 6) is -3.75. The van der Waals surface area contributed by atoms with Gasteiger partial charge in [-0.2, -0.15) is 5.06 Å². The molecule has 0 unspecified atom stereocenters. The van der Waals surface area contributed by atoms with Crippen LogP contribution in [0.25, 0.3) is 0 Å². The van der Waals surface area contributed by atoms with Crippen molar-refractivity contribution >= 4 is 46.4 Å². The topological polar surface area (TPSA) is 185 Å². The highest BCUT2D eigenvalue weighted by Gasteiger charge is 2.52. The molecule has 4 amide bonds. The van der Waals surface area contributed by atoms with Crippen LogP contribution in [-0.4, -0.2) is 55.8 Å². The van der Waals surface area contributed by atoms with Gasteiger partial charge in [0.05, 0.1) is 22.7 Å². The van der Waals surface area contributed by atoms with Crippen LogP contribution in [0, 0.1) is 20.2 Å². The highest BCUT2D eigenvalue weighted by molar-refractivity contribution is 6.25.